The van der Waals surface area contributed by atoms with E-state index in [-0.39, 0.29) is 5.91 Å². The van der Waals surface area contributed by atoms with Crippen LogP contribution < -0.4 is 5.32 Å². The highest BCUT2D eigenvalue weighted by Crippen LogP contribution is 2.34. The number of anilines is 1. The van der Waals surface area contributed by atoms with Crippen molar-refractivity contribution < 1.29 is 4.79 Å². The van der Waals surface area contributed by atoms with Crippen molar-refractivity contribution in [3.63, 3.8) is 0 Å². The first-order chi connectivity index (χ1) is 15.6. The fraction of sp³-hybridized carbons (Fsp3) is 0.115. The van der Waals surface area contributed by atoms with Crippen LogP contribution in [0.2, 0.25) is 0 Å². The van der Waals surface area contributed by atoms with E-state index in [1.54, 1.807) is 0 Å². The number of hydrogen-bond donors (Lipinski definition) is 2. The van der Waals surface area contributed by atoms with E-state index >= 15 is 0 Å². The van der Waals surface area contributed by atoms with Gasteiger partial charge in [0.05, 0.1) is 6.42 Å². The minimum Gasteiger partial charge on any atom is -0.346 e. The van der Waals surface area contributed by atoms with Crippen LogP contribution in [0.1, 0.15) is 23.6 Å². The van der Waals surface area contributed by atoms with E-state index in [2.05, 4.69) is 28.6 Å². The molecular weight excluding hydrogens is 398 g/mol. The van der Waals surface area contributed by atoms with Gasteiger partial charge in [-0.15, -0.1) is 0 Å². The van der Waals surface area contributed by atoms with Gasteiger partial charge in [-0.2, -0.15) is 5.10 Å². The molecule has 0 unspecified atom stereocenters. The molecule has 1 amide bonds. The first-order valence-corrected chi connectivity index (χ1v) is 10.4. The lowest BCUT2D eigenvalue weighted by atomic mass is 9.98. The number of carbonyl (C=O) groups is 1. The fourth-order valence-electron chi connectivity index (χ4n) is 3.60. The SMILES string of the molecule is C=Nc1[nH]ccc1C(=C)c1cn(CC)nc1-c1ccc(NC(=O)Cc2ccccc2)cc1. The average molecular weight is 424 g/mol. The fourth-order valence-corrected chi connectivity index (χ4v) is 3.60. The number of aromatic nitrogens is 3. The number of nitrogens with one attached hydrogen (secondary N) is 2. The zero-order valence-corrected chi connectivity index (χ0v) is 18.0. The molecule has 0 spiro atoms. The molecule has 0 bridgehead atoms. The van der Waals surface area contributed by atoms with Crippen LogP contribution in [0.25, 0.3) is 16.8 Å². The predicted octanol–water partition coefficient (Wildman–Crippen LogP) is 5.47. The molecule has 0 fully saturated rings. The number of aromatic amines is 1. The number of H-pyrrole nitrogens is 1. The summed E-state index contributed by atoms with van der Waals surface area (Å²) in [5, 5.41) is 7.70. The summed E-state index contributed by atoms with van der Waals surface area (Å²) < 4.78 is 1.89. The van der Waals surface area contributed by atoms with E-state index in [9.17, 15) is 4.79 Å². The third kappa shape index (κ3) is 4.44. The third-order valence-corrected chi connectivity index (χ3v) is 5.27. The first-order valence-electron chi connectivity index (χ1n) is 10.4. The summed E-state index contributed by atoms with van der Waals surface area (Å²) in [5.74, 6) is 0.631. The van der Waals surface area contributed by atoms with E-state index in [1.165, 1.54) is 0 Å². The van der Waals surface area contributed by atoms with E-state index < -0.39 is 0 Å². The third-order valence-electron chi connectivity index (χ3n) is 5.27. The van der Waals surface area contributed by atoms with Gasteiger partial charge in [0.25, 0.3) is 0 Å². The summed E-state index contributed by atoms with van der Waals surface area (Å²) in [5.41, 5.74) is 6.14. The monoisotopic (exact) mass is 423 g/mol. The van der Waals surface area contributed by atoms with Gasteiger partial charge in [0.1, 0.15) is 11.5 Å². The number of amides is 1. The van der Waals surface area contributed by atoms with Gasteiger partial charge in [-0.3, -0.25) is 9.48 Å². The summed E-state index contributed by atoms with van der Waals surface area (Å²) in [6, 6.07) is 19.3. The van der Waals surface area contributed by atoms with Gasteiger partial charge >= 0.3 is 0 Å². The van der Waals surface area contributed by atoms with E-state index in [0.29, 0.717) is 12.2 Å². The van der Waals surface area contributed by atoms with E-state index in [0.717, 1.165) is 45.8 Å². The average Bonchev–Trinajstić information content (AvgIpc) is 3.47. The maximum atomic E-state index is 12.4. The zero-order valence-electron chi connectivity index (χ0n) is 18.0. The second kappa shape index (κ2) is 9.31. The van der Waals surface area contributed by atoms with Crippen LogP contribution >= 0.6 is 0 Å². The van der Waals surface area contributed by atoms with Crippen molar-refractivity contribution in [2.24, 2.45) is 4.99 Å². The molecule has 0 saturated carbocycles. The summed E-state index contributed by atoms with van der Waals surface area (Å²) in [6.07, 6.45) is 4.15. The molecule has 4 aromatic rings. The standard InChI is InChI=1S/C26H25N5O/c1-4-31-17-23(18(2)22-14-15-28-26(22)27-3)25(30-31)20-10-12-21(13-11-20)29-24(32)16-19-8-6-5-7-9-19/h5-15,17,28H,2-4,16H2,1H3,(H,29,32). The number of carbonyl (C=O) groups excluding carboxylic acids is 1. The van der Waals surface area contributed by atoms with Crippen LogP contribution in [-0.2, 0) is 17.8 Å². The highest BCUT2D eigenvalue weighted by molar-refractivity contribution is 5.93. The minimum atomic E-state index is -0.0508. The van der Waals surface area contributed by atoms with Gasteiger partial charge in [-0.1, -0.05) is 49.0 Å². The predicted molar refractivity (Wildman–Crippen MR) is 130 cm³/mol. The zero-order chi connectivity index (χ0) is 22.5. The number of aryl methyl sites for hydroxylation is 1. The molecule has 0 aliphatic heterocycles. The molecule has 32 heavy (non-hydrogen) atoms. The lowest BCUT2D eigenvalue weighted by molar-refractivity contribution is -0.115. The summed E-state index contributed by atoms with van der Waals surface area (Å²) in [6.45, 7) is 10.7. The maximum Gasteiger partial charge on any atom is 0.228 e. The van der Waals surface area contributed by atoms with Gasteiger partial charge in [0.15, 0.2) is 0 Å². The first kappa shape index (κ1) is 21.1. The number of aliphatic imine (C=N–C) groups is 1. The number of benzene rings is 2. The molecule has 2 heterocycles. The Kier molecular flexibility index (Phi) is 6.12. The van der Waals surface area contributed by atoms with Gasteiger partial charge in [0.2, 0.25) is 5.91 Å². The second-order valence-electron chi connectivity index (χ2n) is 7.41. The van der Waals surface area contributed by atoms with Crippen molar-refractivity contribution in [2.75, 3.05) is 5.32 Å². The quantitative estimate of drug-likeness (QED) is 0.369. The van der Waals surface area contributed by atoms with Crippen LogP contribution in [-0.4, -0.2) is 27.4 Å². The molecule has 0 aliphatic rings. The highest BCUT2D eigenvalue weighted by atomic mass is 16.1. The Morgan fingerprint density at radius 1 is 1.09 bits per heavy atom. The van der Waals surface area contributed by atoms with Crippen molar-refractivity contribution >= 4 is 29.7 Å². The molecule has 0 saturated heterocycles. The van der Waals surface area contributed by atoms with Crippen molar-refractivity contribution in [1.82, 2.24) is 14.8 Å². The number of hydrogen-bond acceptors (Lipinski definition) is 3. The largest absolute Gasteiger partial charge is 0.346 e. The highest BCUT2D eigenvalue weighted by Gasteiger charge is 2.17. The Morgan fingerprint density at radius 3 is 2.53 bits per heavy atom. The van der Waals surface area contributed by atoms with Crippen LogP contribution in [0.15, 0.2) is 84.6 Å². The van der Waals surface area contributed by atoms with Crippen LogP contribution in [0.5, 0.6) is 0 Å². The topological polar surface area (TPSA) is 75.1 Å². The van der Waals surface area contributed by atoms with E-state index in [1.807, 2.05) is 84.7 Å². The summed E-state index contributed by atoms with van der Waals surface area (Å²) in [7, 11) is 0. The van der Waals surface area contributed by atoms with Crippen molar-refractivity contribution in [1.29, 1.82) is 0 Å². The molecule has 2 aromatic heterocycles. The molecule has 6 heteroatoms. The Morgan fingerprint density at radius 2 is 1.84 bits per heavy atom. The number of nitrogens with zero attached hydrogens (tertiary/aromatic N) is 3. The van der Waals surface area contributed by atoms with Crippen LogP contribution in [0, 0.1) is 0 Å². The lowest BCUT2D eigenvalue weighted by Crippen LogP contribution is -2.14. The molecule has 2 N–H and O–H groups in total. The van der Waals surface area contributed by atoms with Crippen molar-refractivity contribution in [2.45, 2.75) is 19.9 Å². The normalized spacial score (nSPS) is 10.7. The van der Waals surface area contributed by atoms with Crippen molar-refractivity contribution in [3.05, 3.63) is 96.3 Å². The summed E-state index contributed by atoms with van der Waals surface area (Å²) in [4.78, 5) is 19.5. The Bertz CT molecular complexity index is 1250. The minimum absolute atomic E-state index is 0.0508. The van der Waals surface area contributed by atoms with Gasteiger partial charge in [-0.25, -0.2) is 4.99 Å². The van der Waals surface area contributed by atoms with Crippen LogP contribution in [0.4, 0.5) is 11.5 Å². The van der Waals surface area contributed by atoms with Crippen molar-refractivity contribution in [3.8, 4) is 11.3 Å². The van der Waals surface area contributed by atoms with Gasteiger partial charge in [0, 0.05) is 41.3 Å². The van der Waals surface area contributed by atoms with Gasteiger partial charge < -0.3 is 10.3 Å². The molecule has 0 aliphatic carbocycles. The smallest absolute Gasteiger partial charge is 0.228 e. The Labute approximate surface area is 187 Å². The Hall–Kier alpha value is -4.19. The van der Waals surface area contributed by atoms with Crippen LogP contribution in [0.3, 0.4) is 0 Å². The number of rotatable bonds is 8. The molecule has 4 rings (SSSR count). The molecule has 0 radical (unpaired) electrons. The van der Waals surface area contributed by atoms with E-state index in [4.69, 9.17) is 5.10 Å². The lowest BCUT2D eigenvalue weighted by Gasteiger charge is -2.08. The molecular formula is C26H25N5O. The molecule has 0 atom stereocenters. The molecule has 160 valence electrons. The van der Waals surface area contributed by atoms with Gasteiger partial charge in [-0.05, 0) is 43.0 Å². The summed E-state index contributed by atoms with van der Waals surface area (Å²) >= 11 is 0. The maximum absolute atomic E-state index is 12.4. The Balaban J connectivity index is 1.56. The second-order valence-corrected chi connectivity index (χ2v) is 7.41. The molecule has 6 nitrogen and oxygen atoms in total. The molecule has 2 aromatic carbocycles.